The molecule has 0 aliphatic carbocycles. The Bertz CT molecular complexity index is 833. The number of likely N-dealkylation sites (N-methyl/N-ethyl adjacent to an activating group) is 1. The predicted octanol–water partition coefficient (Wildman–Crippen LogP) is 2.87. The van der Waals surface area contributed by atoms with Crippen LogP contribution in [0, 0.1) is 13.8 Å². The molecule has 0 heterocycles. The summed E-state index contributed by atoms with van der Waals surface area (Å²) in [5.41, 5.74) is 3.32. The molecule has 128 valence electrons. The fraction of sp³-hybridized carbons (Fsp3) is 0.278. The number of nitrogens with one attached hydrogen (secondary N) is 1. The largest absolute Gasteiger partial charge is 0.324 e. The Hall–Kier alpha value is -2.18. The van der Waals surface area contributed by atoms with Crippen molar-refractivity contribution < 1.29 is 13.2 Å². The number of carbonyl (C=O) groups excluding carboxylic acids is 1. The SMILES string of the molecule is Cc1ccc(NC(=O)[C@@H](c2ccccc2)N(C)S(C)(=O)=O)c(C)c1. The highest BCUT2D eigenvalue weighted by molar-refractivity contribution is 7.88. The van der Waals surface area contributed by atoms with E-state index in [9.17, 15) is 13.2 Å². The Morgan fingerprint density at radius 1 is 1.08 bits per heavy atom. The lowest BCUT2D eigenvalue weighted by molar-refractivity contribution is -0.119. The van der Waals surface area contributed by atoms with Gasteiger partial charge in [-0.15, -0.1) is 0 Å². The molecule has 0 saturated carbocycles. The van der Waals surface area contributed by atoms with E-state index in [1.54, 1.807) is 24.3 Å². The molecule has 1 N–H and O–H groups in total. The number of aryl methyl sites for hydroxylation is 2. The minimum atomic E-state index is -3.53. The maximum Gasteiger partial charge on any atom is 0.247 e. The van der Waals surface area contributed by atoms with E-state index in [4.69, 9.17) is 0 Å². The molecule has 0 aromatic heterocycles. The predicted molar refractivity (Wildman–Crippen MR) is 96.3 cm³/mol. The van der Waals surface area contributed by atoms with Gasteiger partial charge in [0.1, 0.15) is 6.04 Å². The average molecular weight is 346 g/mol. The minimum Gasteiger partial charge on any atom is -0.324 e. The molecular weight excluding hydrogens is 324 g/mol. The monoisotopic (exact) mass is 346 g/mol. The summed E-state index contributed by atoms with van der Waals surface area (Å²) in [5, 5.41) is 2.84. The number of benzene rings is 2. The van der Waals surface area contributed by atoms with E-state index in [1.165, 1.54) is 7.05 Å². The highest BCUT2D eigenvalue weighted by Crippen LogP contribution is 2.25. The Kier molecular flexibility index (Phi) is 5.41. The van der Waals surface area contributed by atoms with Crippen LogP contribution in [0.5, 0.6) is 0 Å². The number of nitrogens with zero attached hydrogens (tertiary/aromatic N) is 1. The van der Waals surface area contributed by atoms with Gasteiger partial charge in [-0.2, -0.15) is 4.31 Å². The lowest BCUT2D eigenvalue weighted by Crippen LogP contribution is -2.38. The molecule has 0 aliphatic heterocycles. The molecular formula is C18H22N2O3S. The van der Waals surface area contributed by atoms with Crippen LogP contribution in [0.3, 0.4) is 0 Å². The van der Waals surface area contributed by atoms with Crippen LogP contribution in [0.2, 0.25) is 0 Å². The van der Waals surface area contributed by atoms with Gasteiger partial charge in [0, 0.05) is 12.7 Å². The maximum atomic E-state index is 12.8. The van der Waals surface area contributed by atoms with Crippen molar-refractivity contribution in [3.8, 4) is 0 Å². The fourth-order valence-corrected chi connectivity index (χ4v) is 3.11. The quantitative estimate of drug-likeness (QED) is 0.905. The molecule has 5 nitrogen and oxygen atoms in total. The molecule has 1 atom stereocenters. The Balaban J connectivity index is 2.38. The molecule has 2 aromatic rings. The van der Waals surface area contributed by atoms with Crippen molar-refractivity contribution in [1.29, 1.82) is 0 Å². The van der Waals surface area contributed by atoms with Crippen molar-refractivity contribution in [2.24, 2.45) is 0 Å². The second kappa shape index (κ2) is 7.15. The third-order valence-corrected chi connectivity index (χ3v) is 5.15. The first-order valence-electron chi connectivity index (χ1n) is 7.56. The molecule has 2 rings (SSSR count). The number of carbonyl (C=O) groups is 1. The van der Waals surface area contributed by atoms with Crippen molar-refractivity contribution in [3.05, 3.63) is 65.2 Å². The number of rotatable bonds is 5. The van der Waals surface area contributed by atoms with Crippen LogP contribution in [-0.2, 0) is 14.8 Å². The summed E-state index contributed by atoms with van der Waals surface area (Å²) >= 11 is 0. The number of sulfonamides is 1. The standard InChI is InChI=1S/C18H22N2O3S/c1-13-10-11-16(14(2)12-13)19-18(21)17(20(3)24(4,22)23)15-8-6-5-7-9-15/h5-12,17H,1-4H3,(H,19,21)/t17-/m1/s1. The molecule has 0 aliphatic rings. The maximum absolute atomic E-state index is 12.8. The molecule has 1 amide bonds. The van der Waals surface area contributed by atoms with Crippen LogP contribution in [0.25, 0.3) is 0 Å². The topological polar surface area (TPSA) is 66.5 Å². The van der Waals surface area contributed by atoms with E-state index in [0.29, 0.717) is 11.3 Å². The number of hydrogen-bond acceptors (Lipinski definition) is 3. The molecule has 0 unspecified atom stereocenters. The van der Waals surface area contributed by atoms with Gasteiger partial charge >= 0.3 is 0 Å². The number of amides is 1. The Morgan fingerprint density at radius 3 is 2.25 bits per heavy atom. The summed E-state index contributed by atoms with van der Waals surface area (Å²) in [6, 6.07) is 13.6. The van der Waals surface area contributed by atoms with Crippen molar-refractivity contribution in [2.75, 3.05) is 18.6 Å². The van der Waals surface area contributed by atoms with Crippen LogP contribution in [0.15, 0.2) is 48.5 Å². The van der Waals surface area contributed by atoms with Crippen molar-refractivity contribution >= 4 is 21.6 Å². The highest BCUT2D eigenvalue weighted by Gasteiger charge is 2.30. The van der Waals surface area contributed by atoms with Crippen molar-refractivity contribution in [2.45, 2.75) is 19.9 Å². The lowest BCUT2D eigenvalue weighted by Gasteiger charge is -2.26. The summed E-state index contributed by atoms with van der Waals surface area (Å²) in [7, 11) is -2.12. The van der Waals surface area contributed by atoms with Gasteiger partial charge in [-0.1, -0.05) is 48.0 Å². The van der Waals surface area contributed by atoms with E-state index >= 15 is 0 Å². The zero-order valence-electron chi connectivity index (χ0n) is 14.3. The highest BCUT2D eigenvalue weighted by atomic mass is 32.2. The second-order valence-electron chi connectivity index (χ2n) is 5.90. The van der Waals surface area contributed by atoms with E-state index in [0.717, 1.165) is 21.7 Å². The van der Waals surface area contributed by atoms with Crippen LogP contribution < -0.4 is 5.32 Å². The van der Waals surface area contributed by atoms with E-state index < -0.39 is 16.1 Å². The van der Waals surface area contributed by atoms with Gasteiger partial charge in [0.15, 0.2) is 0 Å². The van der Waals surface area contributed by atoms with Crippen molar-refractivity contribution in [3.63, 3.8) is 0 Å². The normalized spacial score (nSPS) is 12.9. The number of hydrogen-bond donors (Lipinski definition) is 1. The van der Waals surface area contributed by atoms with Crippen LogP contribution in [-0.4, -0.2) is 31.9 Å². The Labute approximate surface area is 143 Å². The molecule has 2 aromatic carbocycles. The van der Waals surface area contributed by atoms with Gasteiger partial charge in [0.05, 0.1) is 6.26 Å². The van der Waals surface area contributed by atoms with E-state index in [1.807, 2.05) is 38.1 Å². The van der Waals surface area contributed by atoms with Gasteiger partial charge < -0.3 is 5.32 Å². The number of anilines is 1. The zero-order chi connectivity index (χ0) is 17.9. The van der Waals surface area contributed by atoms with Gasteiger partial charge in [-0.05, 0) is 31.0 Å². The van der Waals surface area contributed by atoms with Crippen LogP contribution >= 0.6 is 0 Å². The lowest BCUT2D eigenvalue weighted by atomic mass is 10.1. The van der Waals surface area contributed by atoms with Gasteiger partial charge in [0.25, 0.3) is 0 Å². The first kappa shape index (κ1) is 18.2. The Morgan fingerprint density at radius 2 is 1.71 bits per heavy atom. The van der Waals surface area contributed by atoms with Gasteiger partial charge in [-0.3, -0.25) is 4.79 Å². The second-order valence-corrected chi connectivity index (χ2v) is 7.94. The first-order valence-corrected chi connectivity index (χ1v) is 9.41. The van der Waals surface area contributed by atoms with Gasteiger partial charge in [-0.25, -0.2) is 8.42 Å². The van der Waals surface area contributed by atoms with Crippen molar-refractivity contribution in [1.82, 2.24) is 4.31 Å². The summed E-state index contributed by atoms with van der Waals surface area (Å²) < 4.78 is 25.0. The third-order valence-electron chi connectivity index (χ3n) is 3.89. The first-order chi connectivity index (χ1) is 11.2. The van der Waals surface area contributed by atoms with E-state index in [2.05, 4.69) is 5.32 Å². The summed E-state index contributed by atoms with van der Waals surface area (Å²) in [4.78, 5) is 12.8. The molecule has 0 radical (unpaired) electrons. The fourth-order valence-electron chi connectivity index (χ4n) is 2.51. The summed E-state index contributed by atoms with van der Waals surface area (Å²) in [6.07, 6.45) is 1.09. The smallest absolute Gasteiger partial charge is 0.247 e. The molecule has 0 bridgehead atoms. The summed E-state index contributed by atoms with van der Waals surface area (Å²) in [6.45, 7) is 3.88. The molecule has 0 fully saturated rings. The third kappa shape index (κ3) is 4.21. The van der Waals surface area contributed by atoms with Gasteiger partial charge in [0.2, 0.25) is 15.9 Å². The molecule has 6 heteroatoms. The van der Waals surface area contributed by atoms with Crippen LogP contribution in [0.1, 0.15) is 22.7 Å². The summed E-state index contributed by atoms with van der Waals surface area (Å²) in [5.74, 6) is -0.388. The van der Waals surface area contributed by atoms with E-state index in [-0.39, 0.29) is 5.91 Å². The molecule has 0 spiro atoms. The molecule has 24 heavy (non-hydrogen) atoms. The minimum absolute atomic E-state index is 0.388. The zero-order valence-corrected chi connectivity index (χ0v) is 15.1. The average Bonchev–Trinajstić information content (AvgIpc) is 2.50. The molecule has 0 saturated heterocycles. The van der Waals surface area contributed by atoms with Crippen LogP contribution in [0.4, 0.5) is 5.69 Å².